The second-order valence-electron chi connectivity index (χ2n) is 26.2. The second kappa shape index (κ2) is 71.5. The molecule has 91 heavy (non-hydrogen) atoms. The molecular formula is C82H142NO8+. The van der Waals surface area contributed by atoms with Crippen LogP contribution in [0.4, 0.5) is 0 Å². The Hall–Kier alpha value is -4.31. The molecule has 0 rings (SSSR count). The maximum absolute atomic E-state index is 13.0. The number of ether oxygens (including phenoxy) is 4. The van der Waals surface area contributed by atoms with Gasteiger partial charge in [0.15, 0.2) is 6.10 Å². The van der Waals surface area contributed by atoms with Crippen LogP contribution in [0.25, 0.3) is 0 Å². The fourth-order valence-electron chi connectivity index (χ4n) is 10.5. The molecule has 0 spiro atoms. The van der Waals surface area contributed by atoms with Crippen molar-refractivity contribution in [3.63, 3.8) is 0 Å². The molecule has 0 aromatic heterocycles. The van der Waals surface area contributed by atoms with Crippen LogP contribution in [0.3, 0.4) is 0 Å². The van der Waals surface area contributed by atoms with Crippen molar-refractivity contribution in [1.82, 2.24) is 0 Å². The molecule has 2 atom stereocenters. The van der Waals surface area contributed by atoms with Crippen LogP contribution in [0.15, 0.2) is 122 Å². The van der Waals surface area contributed by atoms with E-state index < -0.39 is 24.3 Å². The Balaban J connectivity index is 4.08. The molecule has 0 amide bonds. The Bertz CT molecular complexity index is 1910. The number of esters is 2. The van der Waals surface area contributed by atoms with Gasteiger partial charge >= 0.3 is 17.9 Å². The first-order valence-electron chi connectivity index (χ1n) is 37.7. The monoisotopic (exact) mass is 1270 g/mol. The van der Waals surface area contributed by atoms with E-state index in [4.69, 9.17) is 18.9 Å². The number of unbranched alkanes of at least 4 members (excludes halogenated alkanes) is 34. The van der Waals surface area contributed by atoms with Gasteiger partial charge in [-0.1, -0.05) is 322 Å². The van der Waals surface area contributed by atoms with Gasteiger partial charge in [-0.15, -0.1) is 0 Å². The third-order valence-corrected chi connectivity index (χ3v) is 16.2. The van der Waals surface area contributed by atoms with E-state index in [9.17, 15) is 19.5 Å². The molecule has 0 bridgehead atoms. The average molecular weight is 1270 g/mol. The van der Waals surface area contributed by atoms with E-state index in [0.717, 1.165) is 103 Å². The van der Waals surface area contributed by atoms with Gasteiger partial charge in [-0.2, -0.15) is 0 Å². The summed E-state index contributed by atoms with van der Waals surface area (Å²) in [5.41, 5.74) is 0. The fourth-order valence-corrected chi connectivity index (χ4v) is 10.5. The molecular weight excluding hydrogens is 1130 g/mol. The van der Waals surface area contributed by atoms with Crippen molar-refractivity contribution >= 4 is 17.9 Å². The molecule has 0 radical (unpaired) electrons. The molecule has 2 unspecified atom stereocenters. The molecule has 0 fully saturated rings. The van der Waals surface area contributed by atoms with Crippen molar-refractivity contribution < 1.29 is 42.9 Å². The summed E-state index contributed by atoms with van der Waals surface area (Å²) in [6.45, 7) is 4.76. The molecule has 0 saturated carbocycles. The van der Waals surface area contributed by atoms with Gasteiger partial charge in [0.05, 0.1) is 34.4 Å². The number of aliphatic carboxylic acids is 1. The predicted molar refractivity (Wildman–Crippen MR) is 391 cm³/mol. The lowest BCUT2D eigenvalue weighted by Crippen LogP contribution is -2.40. The lowest BCUT2D eigenvalue weighted by molar-refractivity contribution is -0.870. The summed E-state index contributed by atoms with van der Waals surface area (Å²) in [5, 5.41) is 9.76. The summed E-state index contributed by atoms with van der Waals surface area (Å²) >= 11 is 0. The van der Waals surface area contributed by atoms with Gasteiger partial charge in [0, 0.05) is 12.8 Å². The van der Waals surface area contributed by atoms with E-state index in [0.29, 0.717) is 23.9 Å². The highest BCUT2D eigenvalue weighted by Crippen LogP contribution is 2.18. The van der Waals surface area contributed by atoms with Crippen LogP contribution >= 0.6 is 0 Å². The lowest BCUT2D eigenvalue weighted by Gasteiger charge is -2.25. The molecule has 0 aromatic carbocycles. The summed E-state index contributed by atoms with van der Waals surface area (Å²) in [5.74, 6) is -2.02. The molecule has 9 nitrogen and oxygen atoms in total. The zero-order valence-electron chi connectivity index (χ0n) is 59.7. The molecule has 0 aliphatic heterocycles. The van der Waals surface area contributed by atoms with Crippen LogP contribution in [0.2, 0.25) is 0 Å². The number of rotatable bonds is 69. The van der Waals surface area contributed by atoms with Gasteiger partial charge in [-0.25, -0.2) is 4.79 Å². The Morgan fingerprint density at radius 1 is 0.341 bits per heavy atom. The summed E-state index contributed by atoms with van der Waals surface area (Å²) < 4.78 is 23.0. The second-order valence-corrected chi connectivity index (χ2v) is 26.2. The minimum Gasteiger partial charge on any atom is -0.477 e. The summed E-state index contributed by atoms with van der Waals surface area (Å²) in [7, 11) is 5.97. The number of allylic oxidation sites excluding steroid dienone is 20. The third kappa shape index (κ3) is 73.0. The van der Waals surface area contributed by atoms with Crippen LogP contribution in [0.5, 0.6) is 0 Å². The number of carbonyl (C=O) groups excluding carboxylic acids is 2. The van der Waals surface area contributed by atoms with E-state index in [1.54, 1.807) is 0 Å². The van der Waals surface area contributed by atoms with Crippen LogP contribution < -0.4 is 0 Å². The molecule has 0 aliphatic rings. The number of quaternary nitrogens is 1. The third-order valence-electron chi connectivity index (χ3n) is 16.2. The van der Waals surface area contributed by atoms with Crippen LogP contribution in [0, 0.1) is 0 Å². The summed E-state index contributed by atoms with van der Waals surface area (Å²) in [4.78, 5) is 37.7. The van der Waals surface area contributed by atoms with Crippen molar-refractivity contribution in [1.29, 1.82) is 0 Å². The van der Waals surface area contributed by atoms with E-state index in [-0.39, 0.29) is 32.2 Å². The smallest absolute Gasteiger partial charge is 0.361 e. The Kier molecular flexibility index (Phi) is 68.1. The molecule has 0 aromatic rings. The SMILES string of the molecule is CC/C=C\C/C=C\C/C=C\C/C=C\C/C=C\C/C=C\C/C=C\CCCCCCCCCC(=O)OC(COC(=O)CCCCCCCCCCCCCCCCCCCCCCCC/C=C\C/C=C\C/C=C\CCCCCCC)COC(OCC[N+](C)(C)C)C(=O)O. The Morgan fingerprint density at radius 3 is 0.934 bits per heavy atom. The van der Waals surface area contributed by atoms with Gasteiger partial charge in [-0.3, -0.25) is 9.59 Å². The lowest BCUT2D eigenvalue weighted by atomic mass is 10.0. The normalized spacial score (nSPS) is 13.4. The standard InChI is InChI=1S/C82H141NO8/c1-6-8-10-12-14-16-18-20-22-24-26-28-30-32-34-36-37-38-39-40-41-42-43-45-46-48-50-52-54-56-58-60-62-64-66-68-70-72-79(84)89-76-78(77-90-82(81(86)87)88-75-74-83(3,4)5)91-80(85)73-71-69-67-65-63-61-59-57-55-53-51-49-47-44-35-33-31-29-27-25-23-21-19-17-15-13-11-9-7-2/h9,11,15,17-18,20-21,23-24,26-27,29-30,32-33,35,47,49,53,55,78,82H,6-8,10,12-14,16,19,22,25,28,31,34,36-46,48,50-52,54,56-77H2,1-5H3/p+1/b11-9-,17-15-,20-18-,23-21-,26-24-,29-27-,32-30-,35-33-,49-47-,55-53-. The topological polar surface area (TPSA) is 108 Å². The Morgan fingerprint density at radius 2 is 0.626 bits per heavy atom. The minimum atomic E-state index is -1.52. The van der Waals surface area contributed by atoms with Gasteiger partial charge in [0.1, 0.15) is 13.2 Å². The Labute approximate surface area is 561 Å². The quantitative estimate of drug-likeness (QED) is 0.0211. The number of carboxylic acids is 1. The first-order valence-corrected chi connectivity index (χ1v) is 37.7. The molecule has 1 N–H and O–H groups in total. The zero-order valence-corrected chi connectivity index (χ0v) is 59.7. The number of likely N-dealkylation sites (N-methyl/N-ethyl adjacent to an activating group) is 1. The number of hydrogen-bond acceptors (Lipinski definition) is 7. The minimum absolute atomic E-state index is 0.181. The highest BCUT2D eigenvalue weighted by atomic mass is 16.7. The maximum Gasteiger partial charge on any atom is 0.361 e. The van der Waals surface area contributed by atoms with Crippen LogP contribution in [0.1, 0.15) is 322 Å². The number of hydrogen-bond donors (Lipinski definition) is 1. The molecule has 0 saturated heterocycles. The molecule has 0 aliphatic carbocycles. The van der Waals surface area contributed by atoms with E-state index in [2.05, 4.69) is 135 Å². The van der Waals surface area contributed by atoms with Gasteiger partial charge in [-0.05, 0) is 109 Å². The van der Waals surface area contributed by atoms with Crippen molar-refractivity contribution in [2.24, 2.45) is 0 Å². The highest BCUT2D eigenvalue weighted by molar-refractivity contribution is 5.71. The van der Waals surface area contributed by atoms with Crippen molar-refractivity contribution in [3.05, 3.63) is 122 Å². The van der Waals surface area contributed by atoms with Crippen molar-refractivity contribution in [3.8, 4) is 0 Å². The van der Waals surface area contributed by atoms with E-state index in [1.165, 1.54) is 186 Å². The molecule has 522 valence electrons. The number of nitrogens with zero attached hydrogens (tertiary/aromatic N) is 1. The van der Waals surface area contributed by atoms with Gasteiger partial charge < -0.3 is 28.5 Å². The number of carbonyl (C=O) groups is 3. The fraction of sp³-hybridized carbons (Fsp3) is 0.720. The number of carboxylic acid groups (broad SMARTS) is 1. The maximum atomic E-state index is 13.0. The van der Waals surface area contributed by atoms with Crippen molar-refractivity contribution in [2.45, 2.75) is 334 Å². The van der Waals surface area contributed by atoms with E-state index >= 15 is 0 Å². The molecule has 0 heterocycles. The first-order chi connectivity index (χ1) is 44.6. The van der Waals surface area contributed by atoms with Crippen LogP contribution in [-0.4, -0.2) is 87.4 Å². The zero-order chi connectivity index (χ0) is 66.1. The summed E-state index contributed by atoms with van der Waals surface area (Å²) in [6.07, 6.45) is 99.0. The molecule has 9 heteroatoms. The highest BCUT2D eigenvalue weighted by Gasteiger charge is 2.25. The van der Waals surface area contributed by atoms with Gasteiger partial charge in [0.2, 0.25) is 0 Å². The summed E-state index contributed by atoms with van der Waals surface area (Å²) in [6, 6.07) is 0. The predicted octanol–water partition coefficient (Wildman–Crippen LogP) is 23.9. The van der Waals surface area contributed by atoms with E-state index in [1.807, 2.05) is 21.1 Å². The largest absolute Gasteiger partial charge is 0.477 e. The first kappa shape index (κ1) is 86.7. The van der Waals surface area contributed by atoms with Crippen molar-refractivity contribution in [2.75, 3.05) is 47.5 Å². The van der Waals surface area contributed by atoms with Gasteiger partial charge in [0.25, 0.3) is 6.29 Å². The average Bonchev–Trinajstić information content (AvgIpc) is 3.66. The van der Waals surface area contributed by atoms with Crippen LogP contribution in [-0.2, 0) is 33.3 Å².